The van der Waals surface area contributed by atoms with Crippen molar-refractivity contribution in [3.8, 4) is 0 Å². The first-order chi connectivity index (χ1) is 6.22. The Morgan fingerprint density at radius 1 is 1.38 bits per heavy atom. The molecular weight excluding hydrogens is 163 g/mol. The van der Waals surface area contributed by atoms with E-state index in [1.54, 1.807) is 0 Å². The Kier molecular flexibility index (Phi) is 3.56. The first-order valence-electron chi connectivity index (χ1n) is 4.36. The molecule has 1 N–H and O–H groups in total. The van der Waals surface area contributed by atoms with Crippen LogP contribution in [0.2, 0.25) is 6.32 Å². The largest absolute Gasteiger partial charge is 0.481 e. The van der Waals surface area contributed by atoms with E-state index in [-0.39, 0.29) is 6.42 Å². The lowest BCUT2D eigenvalue weighted by molar-refractivity contribution is -0.136. The van der Waals surface area contributed by atoms with Gasteiger partial charge in [-0.25, -0.2) is 0 Å². The summed E-state index contributed by atoms with van der Waals surface area (Å²) in [6.45, 7) is 2.07. The second-order valence-electron chi connectivity index (χ2n) is 2.92. The van der Waals surface area contributed by atoms with E-state index in [1.165, 1.54) is 0 Å². The van der Waals surface area contributed by atoms with Crippen LogP contribution in [0.25, 0.3) is 0 Å². The number of carboxylic acids is 1. The molecular formula is C10H12BO2. The maximum atomic E-state index is 10.4. The molecule has 0 fully saturated rings. The molecule has 1 aromatic rings. The van der Waals surface area contributed by atoms with Gasteiger partial charge in [0, 0.05) is 0 Å². The minimum atomic E-state index is -0.785. The zero-order valence-corrected chi connectivity index (χ0v) is 7.66. The van der Waals surface area contributed by atoms with Gasteiger partial charge in [-0.05, 0) is 5.56 Å². The van der Waals surface area contributed by atoms with Crippen molar-refractivity contribution in [1.82, 2.24) is 0 Å². The maximum absolute atomic E-state index is 10.4. The molecule has 0 bridgehead atoms. The molecule has 0 heterocycles. The average molecular weight is 175 g/mol. The molecule has 0 saturated carbocycles. The third-order valence-corrected chi connectivity index (χ3v) is 1.77. The molecule has 0 aliphatic rings. The van der Waals surface area contributed by atoms with Gasteiger partial charge in [-0.1, -0.05) is 43.0 Å². The van der Waals surface area contributed by atoms with Crippen LogP contribution in [0.5, 0.6) is 0 Å². The van der Waals surface area contributed by atoms with Crippen LogP contribution in [0.1, 0.15) is 12.5 Å². The van der Waals surface area contributed by atoms with E-state index in [0.717, 1.165) is 17.3 Å². The van der Waals surface area contributed by atoms with Gasteiger partial charge in [0.25, 0.3) is 0 Å². The van der Waals surface area contributed by atoms with Crippen LogP contribution in [-0.4, -0.2) is 18.4 Å². The van der Waals surface area contributed by atoms with Crippen molar-refractivity contribution in [2.75, 3.05) is 0 Å². The number of rotatable bonds is 4. The van der Waals surface area contributed by atoms with Crippen LogP contribution < -0.4 is 5.46 Å². The molecule has 0 unspecified atom stereocenters. The fourth-order valence-electron chi connectivity index (χ4n) is 1.18. The highest BCUT2D eigenvalue weighted by molar-refractivity contribution is 6.53. The van der Waals surface area contributed by atoms with E-state index in [0.29, 0.717) is 0 Å². The Hall–Kier alpha value is -1.25. The molecule has 13 heavy (non-hydrogen) atoms. The molecule has 0 aliphatic carbocycles. The summed E-state index contributed by atoms with van der Waals surface area (Å²) in [4.78, 5) is 10.4. The van der Waals surface area contributed by atoms with Gasteiger partial charge in [-0.15, -0.1) is 0 Å². The van der Waals surface area contributed by atoms with Crippen molar-refractivity contribution in [2.45, 2.75) is 19.7 Å². The lowest BCUT2D eigenvalue weighted by atomic mass is 9.68. The Bertz CT molecular complexity index is 279. The molecule has 67 valence electrons. The van der Waals surface area contributed by atoms with E-state index in [4.69, 9.17) is 5.11 Å². The van der Waals surface area contributed by atoms with Crippen molar-refractivity contribution in [2.24, 2.45) is 0 Å². The predicted molar refractivity (Wildman–Crippen MR) is 53.7 cm³/mol. The standard InChI is InChI=1S/C10H12BO2/c1-2-11-9-5-3-8(4-6-9)7-10(12)13/h3-6H,2,7H2,1H3,(H,12,13). The highest BCUT2D eigenvalue weighted by atomic mass is 16.4. The monoisotopic (exact) mass is 175 g/mol. The number of hydrogen-bond donors (Lipinski definition) is 1. The SMILES string of the molecule is CC[B]c1ccc(CC(=O)O)cc1. The van der Waals surface area contributed by atoms with Crippen LogP contribution in [0.4, 0.5) is 0 Å². The Labute approximate surface area is 78.8 Å². The highest BCUT2D eigenvalue weighted by Crippen LogP contribution is 1.98. The number of aliphatic carboxylic acids is 1. The molecule has 0 spiro atoms. The number of carbonyl (C=O) groups is 1. The van der Waals surface area contributed by atoms with Gasteiger partial charge in [0.05, 0.1) is 6.42 Å². The summed E-state index contributed by atoms with van der Waals surface area (Å²) in [7, 11) is 2.10. The lowest BCUT2D eigenvalue weighted by Gasteiger charge is -1.99. The summed E-state index contributed by atoms with van der Waals surface area (Å²) in [6.07, 6.45) is 1.10. The van der Waals surface area contributed by atoms with Crippen LogP contribution in [0.15, 0.2) is 24.3 Å². The van der Waals surface area contributed by atoms with E-state index < -0.39 is 5.97 Å². The van der Waals surface area contributed by atoms with Crippen molar-refractivity contribution in [3.05, 3.63) is 29.8 Å². The summed E-state index contributed by atoms with van der Waals surface area (Å²) < 4.78 is 0. The van der Waals surface area contributed by atoms with E-state index in [1.807, 2.05) is 24.3 Å². The Morgan fingerprint density at radius 3 is 2.46 bits per heavy atom. The fraction of sp³-hybridized carbons (Fsp3) is 0.300. The summed E-state index contributed by atoms with van der Waals surface area (Å²) >= 11 is 0. The number of benzene rings is 1. The van der Waals surface area contributed by atoms with E-state index in [9.17, 15) is 4.79 Å². The zero-order valence-electron chi connectivity index (χ0n) is 7.66. The molecule has 3 heteroatoms. The average Bonchev–Trinajstić information content (AvgIpc) is 2.08. The predicted octanol–water partition coefficient (Wildman–Crippen LogP) is 1.08. The topological polar surface area (TPSA) is 37.3 Å². The first kappa shape index (κ1) is 9.84. The number of hydrogen-bond acceptors (Lipinski definition) is 1. The second-order valence-corrected chi connectivity index (χ2v) is 2.92. The van der Waals surface area contributed by atoms with Gasteiger partial charge in [-0.3, -0.25) is 4.79 Å². The fourth-order valence-corrected chi connectivity index (χ4v) is 1.18. The van der Waals surface area contributed by atoms with Gasteiger partial charge in [-0.2, -0.15) is 0 Å². The maximum Gasteiger partial charge on any atom is 0.307 e. The molecule has 0 saturated heterocycles. The molecule has 1 rings (SSSR count). The number of carboxylic acid groups (broad SMARTS) is 1. The molecule has 1 aromatic carbocycles. The Morgan fingerprint density at radius 2 is 2.00 bits per heavy atom. The Balaban J connectivity index is 2.64. The third kappa shape index (κ3) is 3.32. The van der Waals surface area contributed by atoms with Crippen molar-refractivity contribution in [3.63, 3.8) is 0 Å². The minimum Gasteiger partial charge on any atom is -0.481 e. The second kappa shape index (κ2) is 4.70. The summed E-state index contributed by atoms with van der Waals surface area (Å²) in [5.41, 5.74) is 2.00. The minimum absolute atomic E-state index is 0.104. The highest BCUT2D eigenvalue weighted by Gasteiger charge is 1.99. The van der Waals surface area contributed by atoms with Crippen molar-refractivity contribution < 1.29 is 9.90 Å². The molecule has 0 aromatic heterocycles. The first-order valence-corrected chi connectivity index (χ1v) is 4.36. The molecule has 0 atom stereocenters. The molecule has 0 aliphatic heterocycles. The van der Waals surface area contributed by atoms with Gasteiger partial charge in [0.2, 0.25) is 0 Å². The van der Waals surface area contributed by atoms with Crippen LogP contribution >= 0.6 is 0 Å². The smallest absolute Gasteiger partial charge is 0.307 e. The van der Waals surface area contributed by atoms with Crippen LogP contribution in [0.3, 0.4) is 0 Å². The van der Waals surface area contributed by atoms with Crippen LogP contribution in [0, 0.1) is 0 Å². The quantitative estimate of drug-likeness (QED) is 0.695. The van der Waals surface area contributed by atoms with Gasteiger partial charge in [0.1, 0.15) is 0 Å². The van der Waals surface area contributed by atoms with E-state index >= 15 is 0 Å². The van der Waals surface area contributed by atoms with Gasteiger partial charge in [0.15, 0.2) is 7.28 Å². The van der Waals surface area contributed by atoms with Crippen LogP contribution in [-0.2, 0) is 11.2 Å². The summed E-state index contributed by atoms with van der Waals surface area (Å²) in [6, 6.07) is 7.61. The molecule has 2 nitrogen and oxygen atoms in total. The van der Waals surface area contributed by atoms with Crippen molar-refractivity contribution in [1.29, 1.82) is 0 Å². The lowest BCUT2D eigenvalue weighted by Crippen LogP contribution is -2.12. The van der Waals surface area contributed by atoms with E-state index in [2.05, 4.69) is 14.2 Å². The van der Waals surface area contributed by atoms with Gasteiger partial charge < -0.3 is 5.11 Å². The molecule has 0 amide bonds. The normalized spacial score (nSPS) is 9.62. The van der Waals surface area contributed by atoms with Crippen molar-refractivity contribution >= 4 is 18.7 Å². The zero-order chi connectivity index (χ0) is 9.68. The summed E-state index contributed by atoms with van der Waals surface area (Å²) in [5, 5.41) is 8.53. The third-order valence-electron chi connectivity index (χ3n) is 1.77. The van der Waals surface area contributed by atoms with Gasteiger partial charge >= 0.3 is 5.97 Å². The summed E-state index contributed by atoms with van der Waals surface area (Å²) in [5.74, 6) is -0.785. The molecule has 1 radical (unpaired) electrons.